The predicted octanol–water partition coefficient (Wildman–Crippen LogP) is 6.24. The summed E-state index contributed by atoms with van der Waals surface area (Å²) in [4.78, 5) is 13.6. The number of hydrogen-bond donors (Lipinski definition) is 2. The van der Waals surface area contributed by atoms with E-state index in [1.165, 1.54) is 0 Å². The second-order valence-electron chi connectivity index (χ2n) is 9.52. The number of rotatable bonds is 12. The topological polar surface area (TPSA) is 87.6 Å². The van der Waals surface area contributed by atoms with Crippen molar-refractivity contribution in [1.82, 2.24) is 0 Å². The highest BCUT2D eigenvalue weighted by Gasteiger charge is 2.26. The Morgan fingerprint density at radius 1 is 0.632 bits per heavy atom. The molecule has 2 atom stereocenters. The Balaban J connectivity index is 1.46. The number of carbonyl (C=O) groups is 1. The van der Waals surface area contributed by atoms with Crippen LogP contribution in [0.4, 0.5) is 0 Å². The van der Waals surface area contributed by atoms with Crippen molar-refractivity contribution in [2.24, 2.45) is 11.5 Å². The van der Waals surface area contributed by atoms with Crippen LogP contribution in [0, 0.1) is 0 Å². The summed E-state index contributed by atoms with van der Waals surface area (Å²) < 4.78 is 11.9. The van der Waals surface area contributed by atoms with Crippen molar-refractivity contribution in [2.75, 3.05) is 0 Å². The van der Waals surface area contributed by atoms with E-state index < -0.39 is 0 Å². The molecule has 0 aliphatic rings. The van der Waals surface area contributed by atoms with Gasteiger partial charge in [0.2, 0.25) is 0 Å². The minimum absolute atomic E-state index is 0.116. The third-order valence-electron chi connectivity index (χ3n) is 6.95. The van der Waals surface area contributed by atoms with Crippen LogP contribution < -0.4 is 20.9 Å². The van der Waals surface area contributed by atoms with Gasteiger partial charge in [0, 0.05) is 24.9 Å². The lowest BCUT2D eigenvalue weighted by Crippen LogP contribution is -2.20. The highest BCUT2D eigenvalue weighted by Crippen LogP contribution is 2.33. The quantitative estimate of drug-likeness (QED) is 0.237. The first-order chi connectivity index (χ1) is 18.5. The molecule has 196 valence electrons. The van der Waals surface area contributed by atoms with E-state index in [0.29, 0.717) is 26.3 Å². The van der Waals surface area contributed by atoms with Crippen molar-refractivity contribution in [3.63, 3.8) is 0 Å². The molecule has 0 saturated heterocycles. The Morgan fingerprint density at radius 3 is 1.39 bits per heavy atom. The lowest BCUT2D eigenvalue weighted by molar-refractivity contribution is -0.121. The molecule has 5 nitrogen and oxygen atoms in total. The Morgan fingerprint density at radius 2 is 1.03 bits per heavy atom. The highest BCUT2D eigenvalue weighted by atomic mass is 16.5. The smallest absolute Gasteiger partial charge is 0.147 e. The Hall–Kier alpha value is -3.93. The molecule has 0 aromatic heterocycles. The van der Waals surface area contributed by atoms with Crippen LogP contribution in [-0.4, -0.2) is 5.78 Å². The minimum atomic E-state index is -0.327. The molecule has 4 N–H and O–H groups in total. The number of ketones is 1. The first-order valence-electron chi connectivity index (χ1n) is 13.0. The van der Waals surface area contributed by atoms with E-state index in [9.17, 15) is 4.79 Å². The molecular weight excluding hydrogens is 472 g/mol. The van der Waals surface area contributed by atoms with Crippen molar-refractivity contribution in [3.8, 4) is 11.5 Å². The molecule has 0 saturated carbocycles. The van der Waals surface area contributed by atoms with Crippen LogP contribution in [0.5, 0.6) is 11.5 Å². The van der Waals surface area contributed by atoms with Crippen molar-refractivity contribution >= 4 is 5.78 Å². The largest absolute Gasteiger partial charge is 0.489 e. The molecule has 0 radical (unpaired) electrons. The summed E-state index contributed by atoms with van der Waals surface area (Å²) in [6.07, 6.45) is 0. The number of ether oxygens (including phenoxy) is 2. The molecule has 0 amide bonds. The first-order valence-corrected chi connectivity index (χ1v) is 13.0. The van der Waals surface area contributed by atoms with E-state index in [2.05, 4.69) is 0 Å². The fraction of sp³-hybridized carbons (Fsp3) is 0.242. The zero-order chi connectivity index (χ0) is 26.9. The second-order valence-corrected chi connectivity index (χ2v) is 9.52. The molecule has 0 heterocycles. The standard InChI is InChI=1S/C33H36N2O3/c1-23(31-15-13-29(17-27(31)19-34)37-21-25-9-5-3-6-10-25)33(36)24(2)32-16-14-30(18-28(32)20-35)38-22-26-11-7-4-8-12-26/h3-18,23-24H,19-22,34-35H2,1-2H3. The van der Waals surface area contributed by atoms with Crippen LogP contribution in [0.25, 0.3) is 0 Å². The van der Waals surface area contributed by atoms with Crippen molar-refractivity contribution in [1.29, 1.82) is 0 Å². The summed E-state index contributed by atoms with van der Waals surface area (Å²) in [5.41, 5.74) is 18.0. The van der Waals surface area contributed by atoms with E-state index in [-0.39, 0.29) is 17.6 Å². The third kappa shape index (κ3) is 6.68. The minimum Gasteiger partial charge on any atom is -0.489 e. The Labute approximate surface area is 225 Å². The molecule has 5 heteroatoms. The van der Waals surface area contributed by atoms with Gasteiger partial charge in [0.25, 0.3) is 0 Å². The van der Waals surface area contributed by atoms with Gasteiger partial charge in [-0.15, -0.1) is 0 Å². The zero-order valence-corrected chi connectivity index (χ0v) is 22.1. The highest BCUT2D eigenvalue weighted by molar-refractivity contribution is 5.91. The summed E-state index contributed by atoms with van der Waals surface area (Å²) >= 11 is 0. The van der Waals surface area contributed by atoms with Gasteiger partial charge in [0.05, 0.1) is 0 Å². The monoisotopic (exact) mass is 508 g/mol. The molecule has 4 rings (SSSR count). The number of hydrogen-bond acceptors (Lipinski definition) is 5. The van der Waals surface area contributed by atoms with E-state index in [1.807, 2.05) is 111 Å². The predicted molar refractivity (Wildman–Crippen MR) is 152 cm³/mol. The molecule has 4 aromatic carbocycles. The summed E-state index contributed by atoms with van der Waals surface area (Å²) in [7, 11) is 0. The second kappa shape index (κ2) is 13.0. The van der Waals surface area contributed by atoms with Crippen LogP contribution in [0.3, 0.4) is 0 Å². The van der Waals surface area contributed by atoms with E-state index in [1.54, 1.807) is 0 Å². The average molecular weight is 509 g/mol. The molecule has 2 unspecified atom stereocenters. The van der Waals surface area contributed by atoms with E-state index >= 15 is 0 Å². The maximum atomic E-state index is 13.6. The van der Waals surface area contributed by atoms with Gasteiger partial charge in [-0.2, -0.15) is 0 Å². The van der Waals surface area contributed by atoms with Gasteiger partial charge in [-0.3, -0.25) is 4.79 Å². The van der Waals surface area contributed by atoms with Crippen molar-refractivity contribution in [2.45, 2.75) is 52.0 Å². The summed E-state index contributed by atoms with van der Waals surface area (Å²) in [6, 6.07) is 31.7. The fourth-order valence-electron chi connectivity index (χ4n) is 4.71. The number of Topliss-reactive ketones (excluding diaryl/α,β-unsaturated/α-hetero) is 1. The van der Waals surface area contributed by atoms with Gasteiger partial charge in [-0.25, -0.2) is 0 Å². The van der Waals surface area contributed by atoms with Crippen molar-refractivity contribution < 1.29 is 14.3 Å². The number of nitrogens with two attached hydrogens (primary N) is 2. The molecule has 0 aliphatic heterocycles. The van der Waals surface area contributed by atoms with Crippen LogP contribution >= 0.6 is 0 Å². The Bertz CT molecular complexity index is 1240. The molecule has 0 bridgehead atoms. The number of carbonyl (C=O) groups excluding carboxylic acids is 1. The van der Waals surface area contributed by atoms with Crippen LogP contribution in [0.2, 0.25) is 0 Å². The third-order valence-corrected chi connectivity index (χ3v) is 6.95. The van der Waals surface area contributed by atoms with Crippen LogP contribution in [0.15, 0.2) is 97.1 Å². The van der Waals surface area contributed by atoms with Gasteiger partial charge in [0.15, 0.2) is 0 Å². The maximum Gasteiger partial charge on any atom is 0.147 e. The van der Waals surface area contributed by atoms with Gasteiger partial charge in [0.1, 0.15) is 30.5 Å². The SMILES string of the molecule is CC(C(=O)C(C)c1ccc(OCc2ccccc2)cc1CN)c1ccc(OCc2ccccc2)cc1CN. The van der Waals surface area contributed by atoms with E-state index in [4.69, 9.17) is 20.9 Å². The molecule has 0 fully saturated rings. The maximum absolute atomic E-state index is 13.6. The normalized spacial score (nSPS) is 12.5. The average Bonchev–Trinajstić information content (AvgIpc) is 2.98. The van der Waals surface area contributed by atoms with Gasteiger partial charge in [-0.1, -0.05) is 86.6 Å². The molecule has 0 aliphatic carbocycles. The Kier molecular flexibility index (Phi) is 9.30. The fourth-order valence-corrected chi connectivity index (χ4v) is 4.71. The van der Waals surface area contributed by atoms with Crippen LogP contribution in [0.1, 0.15) is 59.1 Å². The summed E-state index contributed by atoms with van der Waals surface area (Å²) in [5.74, 6) is 0.938. The lowest BCUT2D eigenvalue weighted by Gasteiger charge is -2.22. The van der Waals surface area contributed by atoms with Crippen molar-refractivity contribution in [3.05, 3.63) is 130 Å². The summed E-state index contributed by atoms with van der Waals surface area (Å²) in [6.45, 7) is 5.48. The zero-order valence-electron chi connectivity index (χ0n) is 22.1. The number of benzene rings is 4. The van der Waals surface area contributed by atoms with E-state index in [0.717, 1.165) is 44.9 Å². The van der Waals surface area contributed by atoms with Crippen LogP contribution in [-0.2, 0) is 31.1 Å². The van der Waals surface area contributed by atoms with Gasteiger partial charge >= 0.3 is 0 Å². The van der Waals surface area contributed by atoms with Gasteiger partial charge in [-0.05, 0) is 57.6 Å². The molecule has 4 aromatic rings. The lowest BCUT2D eigenvalue weighted by atomic mass is 9.82. The molecular formula is C33H36N2O3. The molecule has 38 heavy (non-hydrogen) atoms. The van der Waals surface area contributed by atoms with Gasteiger partial charge < -0.3 is 20.9 Å². The first kappa shape index (κ1) is 27.1. The summed E-state index contributed by atoms with van der Waals surface area (Å²) in [5, 5.41) is 0. The molecule has 0 spiro atoms.